The number of nitrogens with zero attached hydrogens (tertiary/aromatic N) is 2. The third kappa shape index (κ3) is 6.63. The van der Waals surface area contributed by atoms with E-state index in [-0.39, 0.29) is 30.0 Å². The van der Waals surface area contributed by atoms with Gasteiger partial charge in [0.05, 0.1) is 0 Å². The molecule has 0 saturated carbocycles. The molecule has 8 nitrogen and oxygen atoms in total. The number of anilines is 2. The molecule has 0 radical (unpaired) electrons. The fourth-order valence-corrected chi connectivity index (χ4v) is 2.70. The molecule has 0 atom stereocenters. The van der Waals surface area contributed by atoms with E-state index in [1.165, 1.54) is 0 Å². The Labute approximate surface area is 187 Å². The fourth-order valence-electron chi connectivity index (χ4n) is 2.70. The second-order valence-corrected chi connectivity index (χ2v) is 7.96. The second kappa shape index (κ2) is 10.2. The number of nitrogens with two attached hydrogens (primary N) is 1. The molecule has 0 aliphatic rings. The maximum atomic E-state index is 12.4. The van der Waals surface area contributed by atoms with Crippen LogP contribution in [-0.4, -0.2) is 22.0 Å². The zero-order chi connectivity index (χ0) is 21.7. The topological polar surface area (TPSA) is 123 Å². The SMILES string of the molecule is CC(C)(C)c1cc(NC(=O)Nc2ccc(CC(=O)c3cc(CN)ccn3)cc2)no1.Cl. The van der Waals surface area contributed by atoms with Crippen molar-refractivity contribution in [2.45, 2.75) is 39.2 Å². The normalized spacial score (nSPS) is 10.8. The molecule has 2 heterocycles. The lowest BCUT2D eigenvalue weighted by atomic mass is 9.93. The first-order valence-corrected chi connectivity index (χ1v) is 9.57. The number of rotatable bonds is 6. The van der Waals surface area contributed by atoms with E-state index in [1.807, 2.05) is 20.8 Å². The van der Waals surface area contributed by atoms with Gasteiger partial charge in [-0.25, -0.2) is 4.79 Å². The Bertz CT molecular complexity index is 1040. The van der Waals surface area contributed by atoms with Gasteiger partial charge in [-0.2, -0.15) is 0 Å². The minimum Gasteiger partial charge on any atom is -0.359 e. The van der Waals surface area contributed by atoms with Crippen LogP contribution in [-0.2, 0) is 18.4 Å². The number of Topliss-reactive ketones (excluding diaryl/α,β-unsaturated/α-hetero) is 1. The van der Waals surface area contributed by atoms with E-state index in [0.29, 0.717) is 29.5 Å². The second-order valence-electron chi connectivity index (χ2n) is 7.96. The van der Waals surface area contributed by atoms with Crippen LogP contribution in [0.3, 0.4) is 0 Å². The van der Waals surface area contributed by atoms with Gasteiger partial charge in [-0.3, -0.25) is 15.1 Å². The first-order chi connectivity index (χ1) is 14.2. The Kier molecular flexibility index (Phi) is 7.90. The van der Waals surface area contributed by atoms with Crippen molar-refractivity contribution >= 4 is 35.7 Å². The first kappa shape index (κ1) is 24.0. The van der Waals surface area contributed by atoms with Crippen LogP contribution in [0.25, 0.3) is 0 Å². The van der Waals surface area contributed by atoms with E-state index >= 15 is 0 Å². The van der Waals surface area contributed by atoms with Crippen molar-refractivity contribution in [2.75, 3.05) is 10.6 Å². The Morgan fingerprint density at radius 2 is 1.74 bits per heavy atom. The largest absolute Gasteiger partial charge is 0.359 e. The summed E-state index contributed by atoms with van der Waals surface area (Å²) in [6, 6.07) is 11.8. The van der Waals surface area contributed by atoms with Crippen LogP contribution < -0.4 is 16.4 Å². The highest BCUT2D eigenvalue weighted by Gasteiger charge is 2.20. The predicted octanol–water partition coefficient (Wildman–Crippen LogP) is 4.32. The molecule has 31 heavy (non-hydrogen) atoms. The summed E-state index contributed by atoms with van der Waals surface area (Å²) in [5.41, 5.74) is 8.07. The zero-order valence-electron chi connectivity index (χ0n) is 17.6. The van der Waals surface area contributed by atoms with Crippen LogP contribution in [0.1, 0.15) is 48.1 Å². The average molecular weight is 444 g/mol. The van der Waals surface area contributed by atoms with Crippen molar-refractivity contribution < 1.29 is 14.1 Å². The quantitative estimate of drug-likeness (QED) is 0.487. The van der Waals surface area contributed by atoms with Gasteiger partial charge in [0.25, 0.3) is 0 Å². The Hall–Kier alpha value is -3.23. The van der Waals surface area contributed by atoms with E-state index in [0.717, 1.165) is 11.1 Å². The number of hydrogen-bond acceptors (Lipinski definition) is 6. The van der Waals surface area contributed by atoms with Crippen molar-refractivity contribution in [2.24, 2.45) is 5.73 Å². The van der Waals surface area contributed by atoms with Gasteiger partial charge < -0.3 is 15.6 Å². The van der Waals surface area contributed by atoms with Gasteiger partial charge in [0.15, 0.2) is 11.6 Å². The van der Waals surface area contributed by atoms with Crippen LogP contribution in [0, 0.1) is 0 Å². The molecule has 9 heteroatoms. The number of halogens is 1. The summed E-state index contributed by atoms with van der Waals surface area (Å²) in [6.45, 7) is 6.34. The first-order valence-electron chi connectivity index (χ1n) is 9.57. The molecular weight excluding hydrogens is 418 g/mol. The highest BCUT2D eigenvalue weighted by molar-refractivity contribution is 5.99. The van der Waals surface area contributed by atoms with Gasteiger partial charge in [-0.15, -0.1) is 12.4 Å². The molecule has 0 fully saturated rings. The molecule has 3 aromatic rings. The summed E-state index contributed by atoms with van der Waals surface area (Å²) in [5, 5.41) is 9.21. The Morgan fingerprint density at radius 3 is 2.35 bits per heavy atom. The molecule has 164 valence electrons. The number of amides is 2. The maximum Gasteiger partial charge on any atom is 0.324 e. The number of hydrogen-bond donors (Lipinski definition) is 3. The van der Waals surface area contributed by atoms with E-state index in [1.54, 1.807) is 48.7 Å². The highest BCUT2D eigenvalue weighted by atomic mass is 35.5. The highest BCUT2D eigenvalue weighted by Crippen LogP contribution is 2.24. The smallest absolute Gasteiger partial charge is 0.324 e. The number of carbonyl (C=O) groups excluding carboxylic acids is 2. The number of benzene rings is 1. The monoisotopic (exact) mass is 443 g/mol. The van der Waals surface area contributed by atoms with Crippen LogP contribution >= 0.6 is 12.4 Å². The number of aromatic nitrogens is 2. The van der Waals surface area contributed by atoms with Crippen molar-refractivity contribution in [1.29, 1.82) is 0 Å². The van der Waals surface area contributed by atoms with Gasteiger partial charge in [0.2, 0.25) is 0 Å². The molecule has 4 N–H and O–H groups in total. The van der Waals surface area contributed by atoms with Gasteiger partial charge >= 0.3 is 6.03 Å². The molecule has 2 aromatic heterocycles. The Balaban J connectivity index is 0.00000341. The van der Waals surface area contributed by atoms with Crippen molar-refractivity contribution in [3.05, 3.63) is 71.2 Å². The number of carbonyl (C=O) groups is 2. The lowest BCUT2D eigenvalue weighted by Crippen LogP contribution is -2.19. The van der Waals surface area contributed by atoms with Crippen molar-refractivity contribution in [3.63, 3.8) is 0 Å². The van der Waals surface area contributed by atoms with Crippen molar-refractivity contribution in [3.8, 4) is 0 Å². The van der Waals surface area contributed by atoms with Gasteiger partial charge in [-0.1, -0.05) is 38.1 Å². The molecule has 0 aliphatic heterocycles. The van der Waals surface area contributed by atoms with Gasteiger partial charge in [-0.05, 0) is 35.4 Å². The number of pyridine rings is 1. The summed E-state index contributed by atoms with van der Waals surface area (Å²) in [4.78, 5) is 28.7. The van der Waals surface area contributed by atoms with E-state index in [4.69, 9.17) is 10.3 Å². The molecule has 0 bridgehead atoms. The molecule has 0 spiro atoms. The van der Waals surface area contributed by atoms with E-state index < -0.39 is 6.03 Å². The third-order valence-electron chi connectivity index (χ3n) is 4.41. The maximum absolute atomic E-state index is 12.4. The molecule has 0 aliphatic carbocycles. The van der Waals surface area contributed by atoms with Crippen LogP contribution in [0.5, 0.6) is 0 Å². The van der Waals surface area contributed by atoms with Crippen LogP contribution in [0.15, 0.2) is 53.2 Å². The molecule has 0 saturated heterocycles. The number of ketones is 1. The fraction of sp³-hybridized carbons (Fsp3) is 0.273. The minimum atomic E-state index is -0.435. The standard InChI is InChI=1S/C22H25N5O3.ClH/c1-22(2,3)19-12-20(27-30-19)26-21(29)25-16-6-4-14(5-7-16)11-18(28)17-10-15(13-23)8-9-24-17;/h4-10,12H,11,13,23H2,1-3H3,(H2,25,26,27,29);1H. The summed E-state index contributed by atoms with van der Waals surface area (Å²) in [7, 11) is 0. The minimum absolute atomic E-state index is 0. The summed E-state index contributed by atoms with van der Waals surface area (Å²) in [5.74, 6) is 0.926. The molecule has 0 unspecified atom stereocenters. The predicted molar refractivity (Wildman–Crippen MR) is 122 cm³/mol. The van der Waals surface area contributed by atoms with E-state index in [2.05, 4.69) is 20.8 Å². The van der Waals surface area contributed by atoms with Crippen LogP contribution in [0.2, 0.25) is 0 Å². The number of nitrogens with one attached hydrogen (secondary N) is 2. The van der Waals surface area contributed by atoms with Gasteiger partial charge in [0, 0.05) is 36.3 Å². The molecule has 1 aromatic carbocycles. The van der Waals surface area contributed by atoms with Gasteiger partial charge in [0.1, 0.15) is 11.5 Å². The van der Waals surface area contributed by atoms with E-state index in [9.17, 15) is 9.59 Å². The summed E-state index contributed by atoms with van der Waals surface area (Å²) in [6.07, 6.45) is 1.79. The molecular formula is C22H26ClN5O3. The zero-order valence-corrected chi connectivity index (χ0v) is 18.5. The van der Waals surface area contributed by atoms with Crippen molar-refractivity contribution in [1.82, 2.24) is 10.1 Å². The van der Waals surface area contributed by atoms with Crippen LogP contribution in [0.4, 0.5) is 16.3 Å². The third-order valence-corrected chi connectivity index (χ3v) is 4.41. The molecule has 3 rings (SSSR count). The Morgan fingerprint density at radius 1 is 1.03 bits per heavy atom. The lowest BCUT2D eigenvalue weighted by molar-refractivity contribution is 0.0988. The molecule has 2 amide bonds. The average Bonchev–Trinajstić information content (AvgIpc) is 3.18. The summed E-state index contributed by atoms with van der Waals surface area (Å²) < 4.78 is 5.25. The lowest BCUT2D eigenvalue weighted by Gasteiger charge is -2.12. The number of urea groups is 1. The summed E-state index contributed by atoms with van der Waals surface area (Å²) >= 11 is 0.